The third kappa shape index (κ3) is 3.17. The molecular formula is C9H16N4S2. The summed E-state index contributed by atoms with van der Waals surface area (Å²) >= 11 is 9.49. The van der Waals surface area contributed by atoms with E-state index in [1.165, 1.54) is 0 Å². The van der Waals surface area contributed by atoms with Gasteiger partial charge in [-0.25, -0.2) is 5.10 Å². The Bertz CT molecular complexity index is 357. The topological polar surface area (TPSA) is 44.8 Å². The van der Waals surface area contributed by atoms with Crippen molar-refractivity contribution in [3.63, 3.8) is 0 Å². The molecule has 0 aliphatic carbocycles. The van der Waals surface area contributed by atoms with Crippen LogP contribution in [0.5, 0.6) is 0 Å². The largest absolute Gasteiger partial charge is 0.367 e. The van der Waals surface area contributed by atoms with Gasteiger partial charge in [0.15, 0.2) is 0 Å². The number of aromatic amines is 1. The van der Waals surface area contributed by atoms with Crippen molar-refractivity contribution in [3.8, 4) is 0 Å². The Morgan fingerprint density at radius 2 is 1.93 bits per heavy atom. The zero-order chi connectivity index (χ0) is 11.3. The standard InChI is InChI=1S/C9H16N4S2/c1-3-5-13(6-4-2)7-8(14)10-12-11-9(7)15/h3-6H2,1-2H3,(H2,10,11,14,15). The Kier molecular flexibility index (Phi) is 5.04. The van der Waals surface area contributed by atoms with Crippen LogP contribution in [0, 0.1) is 4.64 Å². The fourth-order valence-electron chi connectivity index (χ4n) is 1.48. The van der Waals surface area contributed by atoms with Crippen molar-refractivity contribution in [3.05, 3.63) is 4.64 Å². The first-order valence-corrected chi connectivity index (χ1v) is 5.95. The zero-order valence-electron chi connectivity index (χ0n) is 9.03. The number of hydrogen-bond donors (Lipinski definition) is 2. The predicted octanol–water partition coefficient (Wildman–Crippen LogP) is 2.45. The van der Waals surface area contributed by atoms with Crippen LogP contribution in [0.4, 0.5) is 5.69 Å². The van der Waals surface area contributed by atoms with E-state index in [9.17, 15) is 0 Å². The minimum atomic E-state index is 0.598. The van der Waals surface area contributed by atoms with Gasteiger partial charge in [-0.2, -0.15) is 0 Å². The summed E-state index contributed by atoms with van der Waals surface area (Å²) in [4.78, 5) is 2.20. The molecule has 0 saturated carbocycles. The van der Waals surface area contributed by atoms with E-state index in [4.69, 9.17) is 12.2 Å². The molecule has 0 radical (unpaired) electrons. The second-order valence-electron chi connectivity index (χ2n) is 3.30. The summed E-state index contributed by atoms with van der Waals surface area (Å²) in [5, 5.41) is 10.8. The van der Waals surface area contributed by atoms with Crippen molar-refractivity contribution in [1.29, 1.82) is 0 Å². The Balaban J connectivity index is 3.04. The van der Waals surface area contributed by atoms with Crippen LogP contribution in [-0.4, -0.2) is 28.5 Å². The van der Waals surface area contributed by atoms with E-state index in [0.717, 1.165) is 31.6 Å². The van der Waals surface area contributed by atoms with Gasteiger partial charge in [-0.3, -0.25) is 0 Å². The lowest BCUT2D eigenvalue weighted by atomic mass is 10.3. The van der Waals surface area contributed by atoms with Gasteiger partial charge >= 0.3 is 0 Å². The summed E-state index contributed by atoms with van der Waals surface area (Å²) in [5.41, 5.74) is 0.895. The number of nitrogens with one attached hydrogen (secondary N) is 1. The van der Waals surface area contributed by atoms with E-state index in [2.05, 4.69) is 46.8 Å². The van der Waals surface area contributed by atoms with Crippen LogP contribution in [0.1, 0.15) is 26.7 Å². The molecule has 0 saturated heterocycles. The molecule has 1 heterocycles. The SMILES string of the molecule is CCCN(CCC)c1c(S)nn[nH]c1=S. The molecule has 1 aromatic heterocycles. The highest BCUT2D eigenvalue weighted by atomic mass is 32.1. The number of H-pyrrole nitrogens is 1. The Hall–Kier alpha value is -0.620. The molecule has 1 rings (SSSR count). The summed E-state index contributed by atoms with van der Waals surface area (Å²) in [6.07, 6.45) is 2.15. The van der Waals surface area contributed by atoms with Crippen LogP contribution in [0.2, 0.25) is 0 Å². The minimum absolute atomic E-state index is 0.598. The maximum Gasteiger partial charge on any atom is 0.147 e. The van der Waals surface area contributed by atoms with Gasteiger partial charge in [0.2, 0.25) is 0 Å². The van der Waals surface area contributed by atoms with Crippen LogP contribution in [-0.2, 0) is 0 Å². The Morgan fingerprint density at radius 3 is 2.40 bits per heavy atom. The van der Waals surface area contributed by atoms with Gasteiger partial charge in [0.05, 0.1) is 0 Å². The quantitative estimate of drug-likeness (QED) is 0.617. The first-order chi connectivity index (χ1) is 7.20. The Labute approximate surface area is 100 Å². The van der Waals surface area contributed by atoms with Crippen molar-refractivity contribution in [2.75, 3.05) is 18.0 Å². The average molecular weight is 244 g/mol. The van der Waals surface area contributed by atoms with Crippen LogP contribution < -0.4 is 4.90 Å². The molecule has 84 valence electrons. The molecule has 1 N–H and O–H groups in total. The van der Waals surface area contributed by atoms with Gasteiger partial charge in [0.1, 0.15) is 15.4 Å². The number of thiol groups is 1. The van der Waals surface area contributed by atoms with Crippen LogP contribution >= 0.6 is 24.8 Å². The first kappa shape index (κ1) is 12.4. The summed E-state index contributed by atoms with van der Waals surface area (Å²) in [6.45, 7) is 6.21. The maximum atomic E-state index is 5.20. The molecule has 0 atom stereocenters. The fourth-order valence-corrected chi connectivity index (χ4v) is 2.12. The number of hydrogen-bond acceptors (Lipinski definition) is 5. The lowest BCUT2D eigenvalue weighted by Crippen LogP contribution is -2.26. The molecule has 4 nitrogen and oxygen atoms in total. The Morgan fingerprint density at radius 1 is 1.33 bits per heavy atom. The van der Waals surface area contributed by atoms with Gasteiger partial charge in [0.25, 0.3) is 0 Å². The molecular weight excluding hydrogens is 228 g/mol. The van der Waals surface area contributed by atoms with Crippen molar-refractivity contribution in [1.82, 2.24) is 15.4 Å². The van der Waals surface area contributed by atoms with Crippen molar-refractivity contribution >= 4 is 30.5 Å². The monoisotopic (exact) mass is 244 g/mol. The van der Waals surface area contributed by atoms with Gasteiger partial charge in [-0.15, -0.1) is 17.7 Å². The van der Waals surface area contributed by atoms with Gasteiger partial charge in [-0.1, -0.05) is 31.3 Å². The van der Waals surface area contributed by atoms with Crippen molar-refractivity contribution in [2.24, 2.45) is 0 Å². The smallest absolute Gasteiger partial charge is 0.147 e. The van der Waals surface area contributed by atoms with E-state index in [1.807, 2.05) is 0 Å². The second kappa shape index (κ2) is 6.07. The van der Waals surface area contributed by atoms with E-state index in [1.54, 1.807) is 0 Å². The molecule has 0 aliphatic rings. The molecule has 0 unspecified atom stereocenters. The fraction of sp³-hybridized carbons (Fsp3) is 0.667. The lowest BCUT2D eigenvalue weighted by molar-refractivity contribution is 0.707. The summed E-state index contributed by atoms with van der Waals surface area (Å²) < 4.78 is 0.608. The summed E-state index contributed by atoms with van der Waals surface area (Å²) in [5.74, 6) is 0. The van der Waals surface area contributed by atoms with Gasteiger partial charge in [-0.05, 0) is 12.8 Å². The number of rotatable bonds is 5. The molecule has 0 amide bonds. The number of anilines is 1. The molecule has 6 heteroatoms. The molecule has 15 heavy (non-hydrogen) atoms. The predicted molar refractivity (Wildman–Crippen MR) is 67.3 cm³/mol. The van der Waals surface area contributed by atoms with Gasteiger partial charge in [0, 0.05) is 13.1 Å². The normalized spacial score (nSPS) is 10.3. The van der Waals surface area contributed by atoms with E-state index in [0.29, 0.717) is 9.67 Å². The molecule has 0 aliphatic heterocycles. The van der Waals surface area contributed by atoms with Crippen molar-refractivity contribution < 1.29 is 0 Å². The maximum absolute atomic E-state index is 5.20. The van der Waals surface area contributed by atoms with E-state index >= 15 is 0 Å². The molecule has 0 bridgehead atoms. The number of aromatic nitrogens is 3. The van der Waals surface area contributed by atoms with E-state index in [-0.39, 0.29) is 0 Å². The highest BCUT2D eigenvalue weighted by molar-refractivity contribution is 7.80. The van der Waals surface area contributed by atoms with Crippen LogP contribution in [0.15, 0.2) is 5.03 Å². The van der Waals surface area contributed by atoms with E-state index < -0.39 is 0 Å². The van der Waals surface area contributed by atoms with Crippen LogP contribution in [0.25, 0.3) is 0 Å². The molecule has 1 aromatic rings. The molecule has 0 spiro atoms. The lowest BCUT2D eigenvalue weighted by Gasteiger charge is -2.23. The van der Waals surface area contributed by atoms with Crippen molar-refractivity contribution in [2.45, 2.75) is 31.7 Å². The van der Waals surface area contributed by atoms with Gasteiger partial charge < -0.3 is 4.90 Å². The summed E-state index contributed by atoms with van der Waals surface area (Å²) in [7, 11) is 0. The third-order valence-corrected chi connectivity index (χ3v) is 2.61. The zero-order valence-corrected chi connectivity index (χ0v) is 10.7. The second-order valence-corrected chi connectivity index (χ2v) is 4.13. The molecule has 0 aromatic carbocycles. The third-order valence-electron chi connectivity index (χ3n) is 2.03. The first-order valence-electron chi connectivity index (χ1n) is 5.10. The highest BCUT2D eigenvalue weighted by Crippen LogP contribution is 2.21. The average Bonchev–Trinajstić information content (AvgIpc) is 2.18. The van der Waals surface area contributed by atoms with Crippen LogP contribution in [0.3, 0.4) is 0 Å². The highest BCUT2D eigenvalue weighted by Gasteiger charge is 2.11. The minimum Gasteiger partial charge on any atom is -0.367 e. The molecule has 0 fully saturated rings. The number of nitrogens with zero attached hydrogens (tertiary/aromatic N) is 3. The summed E-state index contributed by atoms with van der Waals surface area (Å²) in [6, 6.07) is 0.